The first-order chi connectivity index (χ1) is 9.31. The van der Waals surface area contributed by atoms with Gasteiger partial charge in [-0.2, -0.15) is 0 Å². The number of pyridine rings is 2. The lowest BCUT2D eigenvalue weighted by atomic mass is 10.0. The minimum Gasteiger partial charge on any atom is -0.495 e. The highest BCUT2D eigenvalue weighted by molar-refractivity contribution is 5.42. The van der Waals surface area contributed by atoms with Gasteiger partial charge >= 0.3 is 0 Å². The Morgan fingerprint density at radius 2 is 1.95 bits per heavy atom. The largest absolute Gasteiger partial charge is 0.495 e. The van der Waals surface area contributed by atoms with Gasteiger partial charge in [0.1, 0.15) is 17.2 Å². The van der Waals surface area contributed by atoms with Gasteiger partial charge in [-0.15, -0.1) is 0 Å². The van der Waals surface area contributed by atoms with E-state index in [9.17, 15) is 0 Å². The van der Waals surface area contributed by atoms with E-state index in [0.29, 0.717) is 17.2 Å². The molecule has 2 heterocycles. The number of nitrogens with zero attached hydrogens (tertiary/aromatic N) is 2. The van der Waals surface area contributed by atoms with E-state index in [1.165, 1.54) is 0 Å². The molecule has 0 aliphatic rings. The van der Waals surface area contributed by atoms with Gasteiger partial charge in [0.05, 0.1) is 26.5 Å². The van der Waals surface area contributed by atoms with Gasteiger partial charge in [0.15, 0.2) is 0 Å². The van der Waals surface area contributed by atoms with Crippen LogP contribution < -0.4 is 20.7 Å². The van der Waals surface area contributed by atoms with Crippen molar-refractivity contribution in [1.29, 1.82) is 0 Å². The summed E-state index contributed by atoms with van der Waals surface area (Å²) < 4.78 is 10.6. The third-order valence-electron chi connectivity index (χ3n) is 2.81. The highest BCUT2D eigenvalue weighted by atomic mass is 16.5. The normalized spacial score (nSPS) is 11.9. The Labute approximate surface area is 111 Å². The van der Waals surface area contributed by atoms with E-state index in [1.54, 1.807) is 38.9 Å². The summed E-state index contributed by atoms with van der Waals surface area (Å²) in [7, 11) is 3.18. The Morgan fingerprint density at radius 3 is 2.63 bits per heavy atom. The first-order valence-corrected chi connectivity index (χ1v) is 5.74. The Balaban J connectivity index is 2.50. The molecule has 6 nitrogen and oxygen atoms in total. The highest BCUT2D eigenvalue weighted by Crippen LogP contribution is 2.31. The number of hydrogen-bond acceptors (Lipinski definition) is 6. The zero-order valence-corrected chi connectivity index (χ0v) is 10.8. The van der Waals surface area contributed by atoms with Crippen LogP contribution in [0.2, 0.25) is 0 Å². The molecular weight excluding hydrogens is 244 g/mol. The van der Waals surface area contributed by atoms with Crippen LogP contribution in [0, 0.1) is 0 Å². The van der Waals surface area contributed by atoms with Crippen LogP contribution in [-0.4, -0.2) is 24.2 Å². The number of rotatable bonds is 5. The average molecular weight is 260 g/mol. The molecule has 0 radical (unpaired) electrons. The molecule has 1 atom stereocenters. The van der Waals surface area contributed by atoms with E-state index in [-0.39, 0.29) is 6.04 Å². The fourth-order valence-electron chi connectivity index (χ4n) is 1.91. The molecule has 0 saturated heterocycles. The average Bonchev–Trinajstić information content (AvgIpc) is 2.49. The van der Waals surface area contributed by atoms with Crippen molar-refractivity contribution >= 4 is 0 Å². The third kappa shape index (κ3) is 2.64. The number of nitrogens with two attached hydrogens (primary N) is 1. The van der Waals surface area contributed by atoms with Gasteiger partial charge in [0.25, 0.3) is 0 Å². The molecule has 3 N–H and O–H groups in total. The number of methoxy groups -OCH3 is 2. The lowest BCUT2D eigenvalue weighted by molar-refractivity contribution is 0.389. The summed E-state index contributed by atoms with van der Waals surface area (Å²) in [6.45, 7) is 0. The van der Waals surface area contributed by atoms with E-state index in [2.05, 4.69) is 15.4 Å². The van der Waals surface area contributed by atoms with Crippen molar-refractivity contribution in [2.75, 3.05) is 14.2 Å². The van der Waals surface area contributed by atoms with Crippen LogP contribution in [-0.2, 0) is 0 Å². The molecule has 0 aromatic carbocycles. The molecule has 6 heteroatoms. The molecule has 19 heavy (non-hydrogen) atoms. The van der Waals surface area contributed by atoms with Crippen molar-refractivity contribution < 1.29 is 9.47 Å². The second-order valence-electron chi connectivity index (χ2n) is 3.81. The van der Waals surface area contributed by atoms with Gasteiger partial charge in [0, 0.05) is 18.0 Å². The van der Waals surface area contributed by atoms with Crippen molar-refractivity contribution in [3.8, 4) is 11.5 Å². The van der Waals surface area contributed by atoms with E-state index in [1.807, 2.05) is 12.1 Å². The number of hydrogen-bond donors (Lipinski definition) is 2. The van der Waals surface area contributed by atoms with Gasteiger partial charge in [-0.1, -0.05) is 0 Å². The van der Waals surface area contributed by atoms with Crippen LogP contribution >= 0.6 is 0 Å². The lowest BCUT2D eigenvalue weighted by Gasteiger charge is -2.19. The number of hydrazine groups is 1. The molecule has 2 aromatic heterocycles. The zero-order chi connectivity index (χ0) is 13.7. The number of ether oxygens (including phenoxy) is 2. The third-order valence-corrected chi connectivity index (χ3v) is 2.81. The molecule has 2 rings (SSSR count). The Bertz CT molecular complexity index is 500. The van der Waals surface area contributed by atoms with Crippen LogP contribution in [0.3, 0.4) is 0 Å². The summed E-state index contributed by atoms with van der Waals surface area (Å²) in [6, 6.07) is 5.13. The summed E-state index contributed by atoms with van der Waals surface area (Å²) in [4.78, 5) is 8.35. The van der Waals surface area contributed by atoms with E-state index in [0.717, 1.165) is 5.56 Å². The van der Waals surface area contributed by atoms with Gasteiger partial charge in [-0.25, -0.2) is 5.43 Å². The smallest absolute Gasteiger partial charge is 0.142 e. The van der Waals surface area contributed by atoms with Crippen molar-refractivity contribution in [3.63, 3.8) is 0 Å². The van der Waals surface area contributed by atoms with Crippen molar-refractivity contribution in [2.24, 2.45) is 5.84 Å². The lowest BCUT2D eigenvalue weighted by Crippen LogP contribution is -2.30. The van der Waals surface area contributed by atoms with Gasteiger partial charge < -0.3 is 9.47 Å². The Hall–Kier alpha value is -2.18. The molecule has 0 fully saturated rings. The van der Waals surface area contributed by atoms with Gasteiger partial charge in [0.2, 0.25) is 0 Å². The maximum Gasteiger partial charge on any atom is 0.142 e. The highest BCUT2D eigenvalue weighted by Gasteiger charge is 2.21. The molecule has 2 aromatic rings. The number of nitrogens with one attached hydrogen (secondary N) is 1. The molecule has 0 bridgehead atoms. The molecule has 0 spiro atoms. The van der Waals surface area contributed by atoms with Crippen LogP contribution in [0.25, 0.3) is 0 Å². The Morgan fingerprint density at radius 1 is 1.16 bits per heavy atom. The molecular formula is C13H16N4O2. The SMILES string of the molecule is COc1cnccc1C(NN)c1ncccc1OC. The van der Waals surface area contributed by atoms with E-state index in [4.69, 9.17) is 15.3 Å². The van der Waals surface area contributed by atoms with Gasteiger partial charge in [-0.3, -0.25) is 15.8 Å². The molecule has 0 aliphatic carbocycles. The first kappa shape index (κ1) is 13.3. The standard InChI is InChI=1S/C13H16N4O2/c1-18-10-4-3-6-16-13(10)12(17-14)9-5-7-15-8-11(9)19-2/h3-8,12,17H,14H2,1-2H3. The van der Waals surface area contributed by atoms with Gasteiger partial charge in [-0.05, 0) is 18.2 Å². The molecule has 1 unspecified atom stereocenters. The summed E-state index contributed by atoms with van der Waals surface area (Å²) in [5.74, 6) is 6.96. The minimum atomic E-state index is -0.339. The fraction of sp³-hybridized carbons (Fsp3) is 0.231. The van der Waals surface area contributed by atoms with Crippen molar-refractivity contribution in [3.05, 3.63) is 48.0 Å². The summed E-state index contributed by atoms with van der Waals surface area (Å²) in [6.07, 6.45) is 5.00. The van der Waals surface area contributed by atoms with E-state index < -0.39 is 0 Å². The first-order valence-electron chi connectivity index (χ1n) is 5.74. The van der Waals surface area contributed by atoms with Crippen LogP contribution in [0.4, 0.5) is 0 Å². The summed E-state index contributed by atoms with van der Waals surface area (Å²) in [5, 5.41) is 0. The summed E-state index contributed by atoms with van der Waals surface area (Å²) in [5.41, 5.74) is 4.27. The molecule has 0 aliphatic heterocycles. The molecule has 0 saturated carbocycles. The Kier molecular flexibility index (Phi) is 4.27. The van der Waals surface area contributed by atoms with Crippen molar-refractivity contribution in [1.82, 2.24) is 15.4 Å². The number of aromatic nitrogens is 2. The maximum atomic E-state index is 5.66. The molecule has 0 amide bonds. The van der Waals surface area contributed by atoms with Crippen LogP contribution in [0.1, 0.15) is 17.3 Å². The topological polar surface area (TPSA) is 82.3 Å². The van der Waals surface area contributed by atoms with Crippen LogP contribution in [0.15, 0.2) is 36.8 Å². The second-order valence-corrected chi connectivity index (χ2v) is 3.81. The van der Waals surface area contributed by atoms with Crippen molar-refractivity contribution in [2.45, 2.75) is 6.04 Å². The van der Waals surface area contributed by atoms with Crippen LogP contribution in [0.5, 0.6) is 11.5 Å². The predicted octanol–water partition coefficient (Wildman–Crippen LogP) is 1.05. The molecule has 100 valence electrons. The fourth-order valence-corrected chi connectivity index (χ4v) is 1.91. The minimum absolute atomic E-state index is 0.339. The second kappa shape index (κ2) is 6.12. The van der Waals surface area contributed by atoms with E-state index >= 15 is 0 Å². The maximum absolute atomic E-state index is 5.66. The zero-order valence-electron chi connectivity index (χ0n) is 10.8. The quantitative estimate of drug-likeness (QED) is 0.617. The monoisotopic (exact) mass is 260 g/mol. The predicted molar refractivity (Wildman–Crippen MR) is 70.7 cm³/mol. The summed E-state index contributed by atoms with van der Waals surface area (Å²) >= 11 is 0.